The highest BCUT2D eigenvalue weighted by Gasteiger charge is 2.24. The Morgan fingerprint density at radius 1 is 1.29 bits per heavy atom. The van der Waals surface area contributed by atoms with E-state index in [1.54, 1.807) is 0 Å². The van der Waals surface area contributed by atoms with Crippen molar-refractivity contribution in [2.75, 3.05) is 67.0 Å². The number of thioether (sulfide) groups is 1. The first-order valence-electron chi connectivity index (χ1n) is 7.35. The summed E-state index contributed by atoms with van der Waals surface area (Å²) in [5.74, 6) is 4.48. The van der Waals surface area contributed by atoms with Crippen molar-refractivity contribution in [1.82, 2.24) is 15.0 Å². The predicted octanol–water partition coefficient (Wildman–Crippen LogP) is 0.692. The maximum atomic E-state index is 5.40. The molecular formula is C13H22N6OS. The first kappa shape index (κ1) is 14.6. The molecule has 0 amide bonds. The molecule has 0 saturated carbocycles. The Morgan fingerprint density at radius 3 is 2.76 bits per heavy atom. The van der Waals surface area contributed by atoms with Crippen molar-refractivity contribution >= 4 is 29.6 Å². The zero-order chi connectivity index (χ0) is 14.7. The van der Waals surface area contributed by atoms with Crippen LogP contribution in [-0.4, -0.2) is 72.9 Å². The molecule has 2 saturated heterocycles. The van der Waals surface area contributed by atoms with E-state index in [1.807, 2.05) is 18.8 Å². The number of nitrogens with one attached hydrogen (secondary N) is 1. The standard InChI is InChI=1S/C13H22N6OS/c1-14-11-15-12(18(2)10-3-8-21-9-10)17-13(16-11)19-4-6-20-7-5-19/h10H,3-9H2,1-2H3,(H,14,15,16,17). The number of nitrogens with zero attached hydrogens (tertiary/aromatic N) is 5. The Morgan fingerprint density at radius 2 is 2.10 bits per heavy atom. The van der Waals surface area contributed by atoms with Crippen LogP contribution >= 0.6 is 11.8 Å². The molecule has 1 atom stereocenters. The van der Waals surface area contributed by atoms with E-state index in [-0.39, 0.29) is 0 Å². The highest BCUT2D eigenvalue weighted by molar-refractivity contribution is 7.99. The topological polar surface area (TPSA) is 66.4 Å². The Hall–Kier alpha value is -1.28. The lowest BCUT2D eigenvalue weighted by Crippen LogP contribution is -2.38. The molecule has 1 aromatic heterocycles. The summed E-state index contributed by atoms with van der Waals surface area (Å²) in [5, 5.41) is 3.04. The predicted molar refractivity (Wildman–Crippen MR) is 86.5 cm³/mol. The van der Waals surface area contributed by atoms with Crippen molar-refractivity contribution in [1.29, 1.82) is 0 Å². The smallest absolute Gasteiger partial charge is 0.232 e. The van der Waals surface area contributed by atoms with Crippen molar-refractivity contribution in [2.24, 2.45) is 0 Å². The summed E-state index contributed by atoms with van der Waals surface area (Å²) in [6.45, 7) is 3.11. The largest absolute Gasteiger partial charge is 0.378 e. The average Bonchev–Trinajstić information content (AvgIpc) is 3.09. The van der Waals surface area contributed by atoms with Gasteiger partial charge in [-0.15, -0.1) is 0 Å². The highest BCUT2D eigenvalue weighted by atomic mass is 32.2. The molecule has 3 heterocycles. The van der Waals surface area contributed by atoms with Gasteiger partial charge < -0.3 is 19.9 Å². The molecular weight excluding hydrogens is 288 g/mol. The molecule has 8 heteroatoms. The van der Waals surface area contributed by atoms with E-state index in [1.165, 1.54) is 12.2 Å². The van der Waals surface area contributed by atoms with Crippen LogP contribution < -0.4 is 15.1 Å². The molecule has 1 unspecified atom stereocenters. The molecule has 116 valence electrons. The summed E-state index contributed by atoms with van der Waals surface area (Å²) >= 11 is 1.99. The van der Waals surface area contributed by atoms with Gasteiger partial charge in [-0.2, -0.15) is 26.7 Å². The van der Waals surface area contributed by atoms with Crippen LogP contribution in [0, 0.1) is 0 Å². The van der Waals surface area contributed by atoms with Gasteiger partial charge in [0.15, 0.2) is 0 Å². The molecule has 1 aromatic rings. The van der Waals surface area contributed by atoms with E-state index in [4.69, 9.17) is 4.74 Å². The van der Waals surface area contributed by atoms with Gasteiger partial charge in [-0.25, -0.2) is 0 Å². The third kappa shape index (κ3) is 3.32. The maximum absolute atomic E-state index is 5.40. The van der Waals surface area contributed by atoms with Crippen molar-refractivity contribution < 1.29 is 4.74 Å². The lowest BCUT2D eigenvalue weighted by atomic mass is 10.2. The van der Waals surface area contributed by atoms with Gasteiger partial charge in [-0.05, 0) is 12.2 Å². The summed E-state index contributed by atoms with van der Waals surface area (Å²) in [6.07, 6.45) is 1.19. The number of morpholine rings is 1. The van der Waals surface area contributed by atoms with Gasteiger partial charge in [0.05, 0.1) is 13.2 Å². The molecule has 1 N–H and O–H groups in total. The van der Waals surface area contributed by atoms with Crippen LogP contribution in [0.4, 0.5) is 17.8 Å². The van der Waals surface area contributed by atoms with Crippen LogP contribution in [-0.2, 0) is 4.74 Å². The monoisotopic (exact) mass is 310 g/mol. The molecule has 0 aromatic carbocycles. The van der Waals surface area contributed by atoms with Crippen LogP contribution in [0.5, 0.6) is 0 Å². The van der Waals surface area contributed by atoms with E-state index in [2.05, 4.69) is 37.1 Å². The van der Waals surface area contributed by atoms with Crippen LogP contribution in [0.3, 0.4) is 0 Å². The summed E-state index contributed by atoms with van der Waals surface area (Å²) in [5.41, 5.74) is 0. The lowest BCUT2D eigenvalue weighted by Gasteiger charge is -2.29. The number of rotatable bonds is 4. The molecule has 7 nitrogen and oxygen atoms in total. The second-order valence-electron chi connectivity index (χ2n) is 5.24. The number of ether oxygens (including phenoxy) is 1. The van der Waals surface area contributed by atoms with E-state index in [0.717, 1.165) is 44.0 Å². The number of aromatic nitrogens is 3. The summed E-state index contributed by atoms with van der Waals surface area (Å²) in [4.78, 5) is 18.0. The van der Waals surface area contributed by atoms with Gasteiger partial charge in [0.25, 0.3) is 0 Å². The van der Waals surface area contributed by atoms with Gasteiger partial charge >= 0.3 is 0 Å². The SMILES string of the molecule is CNc1nc(N2CCOCC2)nc(N(C)C2CCSC2)n1. The fourth-order valence-corrected chi connectivity index (χ4v) is 3.79. The second kappa shape index (κ2) is 6.65. The summed E-state index contributed by atoms with van der Waals surface area (Å²) in [6, 6.07) is 0.514. The minimum Gasteiger partial charge on any atom is -0.378 e. The quantitative estimate of drug-likeness (QED) is 0.871. The van der Waals surface area contributed by atoms with E-state index in [0.29, 0.717) is 12.0 Å². The lowest BCUT2D eigenvalue weighted by molar-refractivity contribution is 0.122. The van der Waals surface area contributed by atoms with Crippen molar-refractivity contribution in [3.63, 3.8) is 0 Å². The second-order valence-corrected chi connectivity index (χ2v) is 6.39. The molecule has 21 heavy (non-hydrogen) atoms. The third-order valence-corrected chi connectivity index (χ3v) is 5.04. The van der Waals surface area contributed by atoms with Crippen LogP contribution in [0.1, 0.15) is 6.42 Å². The van der Waals surface area contributed by atoms with Crippen LogP contribution in [0.15, 0.2) is 0 Å². The van der Waals surface area contributed by atoms with E-state index < -0.39 is 0 Å². The minimum absolute atomic E-state index is 0.514. The van der Waals surface area contributed by atoms with Gasteiger partial charge in [0.2, 0.25) is 17.8 Å². The Bertz CT molecular complexity index is 476. The van der Waals surface area contributed by atoms with Gasteiger partial charge in [0, 0.05) is 39.0 Å². The molecule has 2 fully saturated rings. The van der Waals surface area contributed by atoms with Crippen LogP contribution in [0.25, 0.3) is 0 Å². The summed E-state index contributed by atoms with van der Waals surface area (Å²) in [7, 11) is 3.92. The van der Waals surface area contributed by atoms with Gasteiger partial charge in [0.1, 0.15) is 0 Å². The Labute approximate surface area is 129 Å². The molecule has 2 aliphatic heterocycles. The normalized spacial score (nSPS) is 22.4. The van der Waals surface area contributed by atoms with Gasteiger partial charge in [-0.1, -0.05) is 0 Å². The molecule has 3 rings (SSSR count). The fourth-order valence-electron chi connectivity index (χ4n) is 2.52. The molecule has 0 radical (unpaired) electrons. The average molecular weight is 310 g/mol. The van der Waals surface area contributed by atoms with Gasteiger partial charge in [-0.3, -0.25) is 0 Å². The molecule has 0 bridgehead atoms. The maximum Gasteiger partial charge on any atom is 0.232 e. The minimum atomic E-state index is 0.514. The molecule has 0 aliphatic carbocycles. The highest BCUT2D eigenvalue weighted by Crippen LogP contribution is 2.25. The van der Waals surface area contributed by atoms with Crippen LogP contribution in [0.2, 0.25) is 0 Å². The van der Waals surface area contributed by atoms with Crippen molar-refractivity contribution in [2.45, 2.75) is 12.5 Å². The fraction of sp³-hybridized carbons (Fsp3) is 0.769. The zero-order valence-electron chi connectivity index (χ0n) is 12.6. The molecule has 0 spiro atoms. The zero-order valence-corrected chi connectivity index (χ0v) is 13.4. The van der Waals surface area contributed by atoms with Crippen molar-refractivity contribution in [3.05, 3.63) is 0 Å². The summed E-state index contributed by atoms with van der Waals surface area (Å²) < 4.78 is 5.40. The third-order valence-electron chi connectivity index (χ3n) is 3.90. The number of hydrogen-bond donors (Lipinski definition) is 1. The van der Waals surface area contributed by atoms with E-state index in [9.17, 15) is 0 Å². The first-order valence-corrected chi connectivity index (χ1v) is 8.50. The number of anilines is 3. The Kier molecular flexibility index (Phi) is 4.64. The molecule has 2 aliphatic rings. The Balaban J connectivity index is 1.84. The van der Waals surface area contributed by atoms with Crippen molar-refractivity contribution in [3.8, 4) is 0 Å². The number of hydrogen-bond acceptors (Lipinski definition) is 8. The first-order chi connectivity index (χ1) is 10.3. The van der Waals surface area contributed by atoms with E-state index >= 15 is 0 Å².